The van der Waals surface area contributed by atoms with Gasteiger partial charge in [0.25, 0.3) is 0 Å². The number of fused-ring (bicyclic) bond motifs is 2. The number of hydrogen-bond donors (Lipinski definition) is 0. The van der Waals surface area contributed by atoms with E-state index in [9.17, 15) is 4.57 Å². The van der Waals surface area contributed by atoms with Crippen LogP contribution in [0.25, 0.3) is 11.6 Å². The van der Waals surface area contributed by atoms with E-state index in [2.05, 4.69) is 54.4 Å². The van der Waals surface area contributed by atoms with Crippen molar-refractivity contribution in [1.82, 2.24) is 15.0 Å². The van der Waals surface area contributed by atoms with Gasteiger partial charge in [-0.05, 0) is 64.5 Å². The number of allylic oxidation sites excluding steroid dienone is 5. The number of benzene rings is 1. The number of rotatable bonds is 6. The highest BCUT2D eigenvalue weighted by molar-refractivity contribution is 8.04. The third kappa shape index (κ3) is 6.13. The first-order valence-electron chi connectivity index (χ1n) is 13.1. The minimum Gasteiger partial charge on any atom is -0.308 e. The van der Waals surface area contributed by atoms with Gasteiger partial charge in [-0.3, -0.25) is 14.1 Å². The molecule has 9 heteroatoms. The Morgan fingerprint density at radius 3 is 2.67 bits per heavy atom. The van der Waals surface area contributed by atoms with Crippen LogP contribution >= 0.6 is 31.0 Å². The van der Waals surface area contributed by atoms with E-state index in [0.29, 0.717) is 30.5 Å². The van der Waals surface area contributed by atoms with Crippen LogP contribution in [0.3, 0.4) is 0 Å². The Morgan fingerprint density at radius 1 is 1.05 bits per heavy atom. The van der Waals surface area contributed by atoms with Crippen LogP contribution in [0.15, 0.2) is 89.4 Å². The van der Waals surface area contributed by atoms with E-state index in [-0.39, 0.29) is 17.0 Å². The highest BCUT2D eigenvalue weighted by atomic mass is 35.5. The maximum absolute atomic E-state index is 13.4. The van der Waals surface area contributed by atoms with Crippen LogP contribution in [-0.2, 0) is 20.0 Å². The van der Waals surface area contributed by atoms with Crippen LogP contribution in [0, 0.1) is 5.92 Å². The molecule has 0 spiro atoms. The van der Waals surface area contributed by atoms with Crippen LogP contribution in [0.1, 0.15) is 48.4 Å². The summed E-state index contributed by atoms with van der Waals surface area (Å²) in [5.41, 5.74) is 7.70. The number of halogens is 1. The van der Waals surface area contributed by atoms with E-state index in [0.717, 1.165) is 28.9 Å². The van der Waals surface area contributed by atoms with Crippen LogP contribution in [-0.4, -0.2) is 32.4 Å². The molecule has 0 saturated carbocycles. The summed E-state index contributed by atoms with van der Waals surface area (Å²) in [6.07, 6.45) is 11.8. The maximum atomic E-state index is 13.4. The van der Waals surface area contributed by atoms with Gasteiger partial charge >= 0.3 is 7.60 Å². The number of thioether (sulfide) groups is 1. The molecule has 6 nitrogen and oxygen atoms in total. The zero-order valence-corrected chi connectivity index (χ0v) is 24.0. The van der Waals surface area contributed by atoms with Crippen molar-refractivity contribution in [2.75, 3.05) is 12.1 Å². The average molecular weight is 578 g/mol. The van der Waals surface area contributed by atoms with Crippen molar-refractivity contribution in [3.8, 4) is 0 Å². The normalized spacial score (nSPS) is 26.7. The van der Waals surface area contributed by atoms with Gasteiger partial charge in [0.2, 0.25) is 0 Å². The summed E-state index contributed by atoms with van der Waals surface area (Å²) in [6, 6.07) is 16.3. The van der Waals surface area contributed by atoms with E-state index < -0.39 is 7.60 Å². The van der Waals surface area contributed by atoms with Gasteiger partial charge in [0.15, 0.2) is 5.16 Å². The van der Waals surface area contributed by atoms with Crippen molar-refractivity contribution in [1.29, 1.82) is 0 Å². The molecule has 1 saturated heterocycles. The van der Waals surface area contributed by atoms with Gasteiger partial charge in [-0.2, -0.15) is 0 Å². The molecule has 3 heterocycles. The summed E-state index contributed by atoms with van der Waals surface area (Å²) in [4.78, 5) is 13.5. The minimum absolute atomic E-state index is 0.147. The molecule has 0 radical (unpaired) electrons. The van der Waals surface area contributed by atoms with Crippen LogP contribution in [0.5, 0.6) is 0 Å². The second-order valence-electron chi connectivity index (χ2n) is 10.0. The Labute approximate surface area is 238 Å². The first kappa shape index (κ1) is 26.7. The first-order valence-corrected chi connectivity index (χ1v) is 16.3. The largest absolute Gasteiger partial charge is 0.341 e. The number of pyridine rings is 1. The van der Waals surface area contributed by atoms with Crippen LogP contribution in [0.4, 0.5) is 0 Å². The van der Waals surface area contributed by atoms with E-state index in [1.54, 1.807) is 12.4 Å². The highest BCUT2D eigenvalue weighted by Gasteiger charge is 2.35. The average Bonchev–Trinajstić information content (AvgIpc) is 3.07. The molecule has 0 N–H and O–H groups in total. The number of hydrogen-bond acceptors (Lipinski definition) is 7. The van der Waals surface area contributed by atoms with Gasteiger partial charge in [0.1, 0.15) is 5.49 Å². The maximum Gasteiger partial charge on any atom is 0.341 e. The topological polar surface area (TPSA) is 74.2 Å². The van der Waals surface area contributed by atoms with Crippen molar-refractivity contribution in [3.05, 3.63) is 107 Å². The molecule has 1 aromatic carbocycles. The fourth-order valence-electron chi connectivity index (χ4n) is 5.25. The van der Waals surface area contributed by atoms with Gasteiger partial charge in [0.05, 0.1) is 23.8 Å². The fraction of sp³-hybridized carbons (Fsp3) is 0.300. The Bertz CT molecular complexity index is 1500. The molecule has 2 aromatic heterocycles. The summed E-state index contributed by atoms with van der Waals surface area (Å²) >= 11 is 8.24. The van der Waals surface area contributed by atoms with Gasteiger partial charge in [-0.1, -0.05) is 61.2 Å². The fourth-order valence-corrected chi connectivity index (χ4v) is 8.66. The van der Waals surface area contributed by atoms with Gasteiger partial charge in [-0.25, -0.2) is 9.97 Å². The minimum atomic E-state index is -3.31. The molecule has 4 unspecified atom stereocenters. The lowest BCUT2D eigenvalue weighted by molar-refractivity contribution is 0.0836. The molecule has 6 rings (SSSR count). The third-order valence-electron chi connectivity index (χ3n) is 7.19. The molecule has 3 aromatic rings. The van der Waals surface area contributed by atoms with Crippen molar-refractivity contribution in [3.63, 3.8) is 0 Å². The predicted octanol–water partition coefficient (Wildman–Crippen LogP) is 7.89. The summed E-state index contributed by atoms with van der Waals surface area (Å²) in [7, 11) is -3.31. The molecule has 1 aliphatic heterocycles. The van der Waals surface area contributed by atoms with Crippen molar-refractivity contribution in [2.24, 2.45) is 5.92 Å². The Hall–Kier alpha value is -2.54. The number of aromatic nitrogens is 3. The van der Waals surface area contributed by atoms with Crippen molar-refractivity contribution < 1.29 is 13.6 Å². The molecule has 2 bridgehead atoms. The monoisotopic (exact) mass is 577 g/mol. The zero-order valence-electron chi connectivity index (χ0n) is 21.6. The number of nitrogens with zero attached hydrogens (tertiary/aromatic N) is 3. The molecule has 0 amide bonds. The lowest BCUT2D eigenvalue weighted by Crippen LogP contribution is -2.15. The van der Waals surface area contributed by atoms with Gasteiger partial charge < -0.3 is 4.52 Å². The molecule has 3 aliphatic rings. The summed E-state index contributed by atoms with van der Waals surface area (Å²) < 4.78 is 25.0. The molecular weight excluding hydrogens is 549 g/mol. The third-order valence-corrected chi connectivity index (χ3v) is 11.0. The van der Waals surface area contributed by atoms with E-state index in [4.69, 9.17) is 30.6 Å². The quantitative estimate of drug-likeness (QED) is 0.128. The van der Waals surface area contributed by atoms with Crippen LogP contribution < -0.4 is 0 Å². The van der Waals surface area contributed by atoms with E-state index in [1.807, 2.05) is 24.3 Å². The first-order chi connectivity index (χ1) is 19.0. The van der Waals surface area contributed by atoms with Crippen molar-refractivity contribution in [2.45, 2.75) is 42.8 Å². The van der Waals surface area contributed by atoms with E-state index in [1.165, 1.54) is 28.5 Å². The molecule has 39 heavy (non-hydrogen) atoms. The molecule has 1 fully saturated rings. The van der Waals surface area contributed by atoms with E-state index >= 15 is 0 Å². The second kappa shape index (κ2) is 11.5. The predicted molar refractivity (Wildman–Crippen MR) is 157 cm³/mol. The summed E-state index contributed by atoms with van der Waals surface area (Å²) in [5.74, 6) is 0.379. The van der Waals surface area contributed by atoms with Gasteiger partial charge in [0, 0.05) is 30.9 Å². The van der Waals surface area contributed by atoms with Gasteiger partial charge in [-0.15, -0.1) is 11.6 Å². The smallest absolute Gasteiger partial charge is 0.308 e. The molecule has 200 valence electrons. The molecule has 2 aliphatic carbocycles. The highest BCUT2D eigenvalue weighted by Crippen LogP contribution is 2.58. The Morgan fingerprint density at radius 2 is 1.87 bits per heavy atom. The Kier molecular flexibility index (Phi) is 7.88. The summed E-state index contributed by atoms with van der Waals surface area (Å²) in [6.45, 7) is 2.64. The summed E-state index contributed by atoms with van der Waals surface area (Å²) in [5, 5.41) is 0.348. The standard InChI is InChI=1S/C30H29ClN3O3PS/c1-20-15-23(7-8-26(20)21-5-3-2-4-6-21)27-17-24-16-25(18-28(27)31)34-30(33-24)39-19-38(35)36-14-11-29(37-38)22-9-12-32-13-10-22/h2-10,12-13,16-17,20,28-29H,11,14-15,18-19H2,1H3. The zero-order chi connectivity index (χ0) is 26.8. The van der Waals surface area contributed by atoms with Crippen LogP contribution in [0.2, 0.25) is 0 Å². The molecular formula is C30H29ClN3O3PS. The lowest BCUT2D eigenvalue weighted by Gasteiger charge is -2.29. The SMILES string of the molecule is CC1CC(C2=Cc3cc(nc(SCP4(=O)OCCC(c5ccncc5)O4)n3)CC2Cl)=CC=C1c1ccccc1. The van der Waals surface area contributed by atoms with Crippen molar-refractivity contribution >= 4 is 42.6 Å². The Balaban J connectivity index is 1.19. The lowest BCUT2D eigenvalue weighted by atomic mass is 9.81. The second-order valence-corrected chi connectivity index (χ2v) is 13.9. The number of alkyl halides is 1. The molecule has 4 atom stereocenters.